The van der Waals surface area contributed by atoms with Crippen LogP contribution in [0, 0.1) is 10.1 Å². The Balaban J connectivity index is 1.81. The van der Waals surface area contributed by atoms with Gasteiger partial charge in [-0.05, 0) is 12.1 Å². The molecule has 0 N–H and O–H groups in total. The van der Waals surface area contributed by atoms with Crippen molar-refractivity contribution in [3.8, 4) is 0 Å². The Labute approximate surface area is 119 Å². The minimum absolute atomic E-state index is 0.0511. The molecule has 0 bridgehead atoms. The fraction of sp³-hybridized carbons (Fsp3) is 0.231. The monoisotopic (exact) mass is 288 g/mol. The highest BCUT2D eigenvalue weighted by Gasteiger charge is 2.33. The number of pyridine rings is 1. The van der Waals surface area contributed by atoms with E-state index in [9.17, 15) is 10.1 Å². The molecular formula is C13H12N4O4. The van der Waals surface area contributed by atoms with E-state index in [2.05, 4.69) is 10.1 Å². The summed E-state index contributed by atoms with van der Waals surface area (Å²) in [5.41, 5.74) is 1.27. The van der Waals surface area contributed by atoms with E-state index >= 15 is 0 Å². The highest BCUT2D eigenvalue weighted by Crippen LogP contribution is 2.30. The first-order chi connectivity index (χ1) is 10.1. The first-order valence-corrected chi connectivity index (χ1v) is 6.21. The summed E-state index contributed by atoms with van der Waals surface area (Å²) in [5, 5.41) is 14.6. The summed E-state index contributed by atoms with van der Waals surface area (Å²) in [7, 11) is 0. The van der Waals surface area contributed by atoms with Gasteiger partial charge < -0.3 is 9.47 Å². The first-order valence-electron chi connectivity index (χ1n) is 6.21. The standard InChI is InChI=1S/C13H12N4O4/c1-13(20-5-6-21-13)12-4-2-3-10(15-12)8-16-9-11(7-14-16)17(18)19/h2-7,9H,8H2,1H3. The molecule has 0 atom stereocenters. The van der Waals surface area contributed by atoms with Crippen LogP contribution in [0.5, 0.6) is 0 Å². The van der Waals surface area contributed by atoms with Crippen LogP contribution in [-0.2, 0) is 21.8 Å². The summed E-state index contributed by atoms with van der Waals surface area (Å²) < 4.78 is 12.2. The molecule has 21 heavy (non-hydrogen) atoms. The largest absolute Gasteiger partial charge is 0.452 e. The fourth-order valence-corrected chi connectivity index (χ4v) is 1.98. The van der Waals surface area contributed by atoms with E-state index < -0.39 is 10.7 Å². The molecule has 0 spiro atoms. The van der Waals surface area contributed by atoms with Crippen molar-refractivity contribution in [1.29, 1.82) is 0 Å². The predicted octanol–water partition coefficient (Wildman–Crippen LogP) is 1.93. The average molecular weight is 288 g/mol. The molecule has 0 aromatic carbocycles. The van der Waals surface area contributed by atoms with E-state index in [1.165, 1.54) is 29.6 Å². The highest BCUT2D eigenvalue weighted by molar-refractivity contribution is 5.22. The Morgan fingerprint density at radius 2 is 2.14 bits per heavy atom. The number of nitro groups is 1. The quantitative estimate of drug-likeness (QED) is 0.630. The smallest absolute Gasteiger partial charge is 0.307 e. The number of ether oxygens (including phenoxy) is 2. The summed E-state index contributed by atoms with van der Waals surface area (Å²) in [6.07, 6.45) is 5.49. The van der Waals surface area contributed by atoms with Gasteiger partial charge in [0.2, 0.25) is 0 Å². The summed E-state index contributed by atoms with van der Waals surface area (Å²) in [6, 6.07) is 5.43. The second-order valence-corrected chi connectivity index (χ2v) is 4.62. The Morgan fingerprint density at radius 1 is 1.38 bits per heavy atom. The van der Waals surface area contributed by atoms with Gasteiger partial charge in [0.25, 0.3) is 5.79 Å². The van der Waals surface area contributed by atoms with Crippen LogP contribution in [0.1, 0.15) is 18.3 Å². The normalized spacial score (nSPS) is 15.5. The van der Waals surface area contributed by atoms with Gasteiger partial charge in [0.1, 0.15) is 30.6 Å². The molecule has 8 nitrogen and oxygen atoms in total. The Kier molecular flexibility index (Phi) is 3.05. The molecule has 0 saturated carbocycles. The van der Waals surface area contributed by atoms with Gasteiger partial charge in [-0.1, -0.05) is 6.07 Å². The van der Waals surface area contributed by atoms with E-state index in [-0.39, 0.29) is 5.69 Å². The van der Waals surface area contributed by atoms with Crippen LogP contribution in [0.2, 0.25) is 0 Å². The fourth-order valence-electron chi connectivity index (χ4n) is 1.98. The van der Waals surface area contributed by atoms with Gasteiger partial charge in [-0.15, -0.1) is 0 Å². The Hall–Kier alpha value is -2.90. The van der Waals surface area contributed by atoms with Crippen LogP contribution in [0.25, 0.3) is 0 Å². The van der Waals surface area contributed by atoms with Crippen LogP contribution in [0.3, 0.4) is 0 Å². The van der Waals surface area contributed by atoms with E-state index in [1.54, 1.807) is 13.0 Å². The number of nitrogens with zero attached hydrogens (tertiary/aromatic N) is 4. The van der Waals surface area contributed by atoms with Crippen molar-refractivity contribution in [3.05, 3.63) is 64.6 Å². The van der Waals surface area contributed by atoms with E-state index in [0.717, 1.165) is 0 Å². The number of rotatable bonds is 4. The SMILES string of the molecule is CC1(c2cccc(Cn3cc([N+](=O)[O-])cn3)n2)OC=CO1. The van der Waals surface area contributed by atoms with Crippen LogP contribution in [0.15, 0.2) is 43.1 Å². The molecule has 1 aliphatic rings. The second-order valence-electron chi connectivity index (χ2n) is 4.62. The van der Waals surface area contributed by atoms with Crippen LogP contribution in [-0.4, -0.2) is 19.7 Å². The third kappa shape index (κ3) is 2.55. The van der Waals surface area contributed by atoms with Crippen molar-refractivity contribution in [2.24, 2.45) is 0 Å². The number of hydrogen-bond donors (Lipinski definition) is 0. The molecule has 0 unspecified atom stereocenters. The van der Waals surface area contributed by atoms with Gasteiger partial charge in [-0.25, -0.2) is 4.98 Å². The lowest BCUT2D eigenvalue weighted by Crippen LogP contribution is -2.24. The van der Waals surface area contributed by atoms with Crippen LogP contribution >= 0.6 is 0 Å². The molecule has 2 aromatic heterocycles. The molecular weight excluding hydrogens is 276 g/mol. The van der Waals surface area contributed by atoms with Crippen molar-refractivity contribution in [2.75, 3.05) is 0 Å². The van der Waals surface area contributed by atoms with E-state index in [1.807, 2.05) is 12.1 Å². The second kappa shape index (κ2) is 4.89. The minimum Gasteiger partial charge on any atom is -0.452 e. The van der Waals surface area contributed by atoms with Gasteiger partial charge >= 0.3 is 5.69 Å². The molecule has 0 amide bonds. The number of hydrogen-bond acceptors (Lipinski definition) is 6. The summed E-state index contributed by atoms with van der Waals surface area (Å²) in [6.45, 7) is 2.09. The van der Waals surface area contributed by atoms with Gasteiger partial charge in [-0.3, -0.25) is 14.8 Å². The molecule has 108 valence electrons. The summed E-state index contributed by atoms with van der Waals surface area (Å²) in [4.78, 5) is 14.6. The maximum Gasteiger partial charge on any atom is 0.307 e. The predicted molar refractivity (Wildman–Crippen MR) is 70.9 cm³/mol. The zero-order valence-corrected chi connectivity index (χ0v) is 11.2. The molecule has 2 aromatic rings. The maximum atomic E-state index is 10.6. The third-order valence-corrected chi connectivity index (χ3v) is 3.07. The van der Waals surface area contributed by atoms with E-state index in [0.29, 0.717) is 17.9 Å². The number of aromatic nitrogens is 3. The average Bonchev–Trinajstić information content (AvgIpc) is 3.09. The van der Waals surface area contributed by atoms with E-state index in [4.69, 9.17) is 9.47 Å². The van der Waals surface area contributed by atoms with Gasteiger partial charge in [0, 0.05) is 6.92 Å². The zero-order chi connectivity index (χ0) is 14.9. The first kappa shape index (κ1) is 13.1. The summed E-state index contributed by atoms with van der Waals surface area (Å²) in [5.74, 6) is -0.938. The third-order valence-electron chi connectivity index (χ3n) is 3.07. The van der Waals surface area contributed by atoms with Gasteiger partial charge in [0.15, 0.2) is 0 Å². The Bertz CT molecular complexity index is 702. The molecule has 8 heteroatoms. The lowest BCUT2D eigenvalue weighted by molar-refractivity contribution is -0.385. The van der Waals surface area contributed by atoms with Crippen molar-refractivity contribution in [2.45, 2.75) is 19.3 Å². The molecule has 1 aliphatic heterocycles. The topological polar surface area (TPSA) is 92.3 Å². The molecule has 0 aliphatic carbocycles. The van der Waals surface area contributed by atoms with Gasteiger partial charge in [-0.2, -0.15) is 5.10 Å². The lowest BCUT2D eigenvalue weighted by atomic mass is 10.2. The van der Waals surface area contributed by atoms with Gasteiger partial charge in [0.05, 0.1) is 17.2 Å². The molecule has 0 saturated heterocycles. The molecule has 3 rings (SSSR count). The summed E-state index contributed by atoms with van der Waals surface area (Å²) >= 11 is 0. The molecule has 0 fully saturated rings. The van der Waals surface area contributed by atoms with Crippen LogP contribution in [0.4, 0.5) is 5.69 Å². The Morgan fingerprint density at radius 3 is 2.81 bits per heavy atom. The zero-order valence-electron chi connectivity index (χ0n) is 11.2. The van der Waals surface area contributed by atoms with Crippen LogP contribution < -0.4 is 0 Å². The van der Waals surface area contributed by atoms with Crippen molar-refractivity contribution in [3.63, 3.8) is 0 Å². The van der Waals surface area contributed by atoms with Crippen molar-refractivity contribution in [1.82, 2.24) is 14.8 Å². The van der Waals surface area contributed by atoms with Crippen molar-refractivity contribution < 1.29 is 14.4 Å². The minimum atomic E-state index is -0.938. The molecule has 3 heterocycles. The van der Waals surface area contributed by atoms with Crippen molar-refractivity contribution >= 4 is 5.69 Å². The maximum absolute atomic E-state index is 10.6. The lowest BCUT2D eigenvalue weighted by Gasteiger charge is -2.22. The highest BCUT2D eigenvalue weighted by atomic mass is 16.7. The molecule has 0 radical (unpaired) electrons.